The SMILES string of the molecule is Cc1cc(Cl)nc2[nH]n(C(=O)N[C@@H]3CCCc4ccccc43)c(=O)c12. The summed E-state index contributed by atoms with van der Waals surface area (Å²) in [4.78, 5) is 29.3. The second kappa shape index (κ2) is 6.04. The molecule has 25 heavy (non-hydrogen) atoms. The highest BCUT2D eigenvalue weighted by molar-refractivity contribution is 6.29. The maximum Gasteiger partial charge on any atom is 0.344 e. The molecule has 1 amide bonds. The van der Waals surface area contributed by atoms with E-state index in [2.05, 4.69) is 21.5 Å². The molecule has 0 saturated carbocycles. The third-order valence-corrected chi connectivity index (χ3v) is 4.88. The fourth-order valence-corrected chi connectivity index (χ4v) is 3.76. The van der Waals surface area contributed by atoms with E-state index in [1.807, 2.05) is 18.2 Å². The number of aromatic amines is 1. The summed E-state index contributed by atoms with van der Waals surface area (Å²) in [5, 5.41) is 6.37. The minimum absolute atomic E-state index is 0.103. The van der Waals surface area contributed by atoms with Gasteiger partial charge < -0.3 is 5.32 Å². The molecule has 4 rings (SSSR count). The van der Waals surface area contributed by atoms with Crippen molar-refractivity contribution in [3.63, 3.8) is 0 Å². The van der Waals surface area contributed by atoms with E-state index in [0.29, 0.717) is 16.6 Å². The van der Waals surface area contributed by atoms with Crippen LogP contribution in [0.1, 0.15) is 35.6 Å². The zero-order valence-electron chi connectivity index (χ0n) is 13.7. The summed E-state index contributed by atoms with van der Waals surface area (Å²) in [6.45, 7) is 1.77. The molecule has 6 nitrogen and oxygen atoms in total. The molecule has 0 saturated heterocycles. The number of rotatable bonds is 1. The Morgan fingerprint density at radius 3 is 3.04 bits per heavy atom. The van der Waals surface area contributed by atoms with Gasteiger partial charge in [-0.15, -0.1) is 0 Å². The van der Waals surface area contributed by atoms with E-state index in [4.69, 9.17) is 11.6 Å². The highest BCUT2D eigenvalue weighted by Crippen LogP contribution is 2.29. The van der Waals surface area contributed by atoms with Crippen molar-refractivity contribution in [2.75, 3.05) is 0 Å². The number of carbonyl (C=O) groups is 1. The lowest BCUT2D eigenvalue weighted by molar-refractivity contribution is 0.233. The van der Waals surface area contributed by atoms with Gasteiger partial charge >= 0.3 is 6.03 Å². The van der Waals surface area contributed by atoms with Crippen LogP contribution in [0.5, 0.6) is 0 Å². The van der Waals surface area contributed by atoms with Crippen molar-refractivity contribution in [2.45, 2.75) is 32.2 Å². The zero-order chi connectivity index (χ0) is 17.6. The summed E-state index contributed by atoms with van der Waals surface area (Å²) in [5.74, 6) is 0. The van der Waals surface area contributed by atoms with Crippen LogP contribution >= 0.6 is 11.6 Å². The van der Waals surface area contributed by atoms with Crippen molar-refractivity contribution >= 4 is 28.7 Å². The monoisotopic (exact) mass is 356 g/mol. The molecular formula is C18H17ClN4O2. The first kappa shape index (κ1) is 15.9. The van der Waals surface area contributed by atoms with Crippen molar-refractivity contribution < 1.29 is 4.79 Å². The van der Waals surface area contributed by atoms with Gasteiger partial charge in [-0.3, -0.25) is 9.89 Å². The number of carbonyl (C=O) groups excluding carboxylic acids is 1. The number of pyridine rings is 1. The van der Waals surface area contributed by atoms with Crippen molar-refractivity contribution in [2.24, 2.45) is 0 Å². The Kier molecular flexibility index (Phi) is 3.84. The van der Waals surface area contributed by atoms with Crippen molar-refractivity contribution in [3.8, 4) is 0 Å². The molecule has 0 aliphatic heterocycles. The van der Waals surface area contributed by atoms with Gasteiger partial charge in [-0.1, -0.05) is 35.9 Å². The number of hydrogen-bond acceptors (Lipinski definition) is 3. The van der Waals surface area contributed by atoms with E-state index in [1.165, 1.54) is 5.56 Å². The minimum Gasteiger partial charge on any atom is -0.329 e. The molecule has 1 aliphatic rings. The summed E-state index contributed by atoms with van der Waals surface area (Å²) in [6, 6.07) is 9.10. The molecule has 0 spiro atoms. The number of nitrogens with one attached hydrogen (secondary N) is 2. The summed E-state index contributed by atoms with van der Waals surface area (Å²) in [6.07, 6.45) is 2.86. The average molecular weight is 357 g/mol. The molecule has 2 heterocycles. The number of aromatic nitrogens is 3. The van der Waals surface area contributed by atoms with E-state index in [1.54, 1.807) is 13.0 Å². The van der Waals surface area contributed by atoms with Crippen LogP contribution in [0, 0.1) is 6.92 Å². The lowest BCUT2D eigenvalue weighted by Crippen LogP contribution is -2.38. The van der Waals surface area contributed by atoms with Crippen LogP contribution in [0.2, 0.25) is 5.15 Å². The van der Waals surface area contributed by atoms with Crippen LogP contribution in [-0.2, 0) is 6.42 Å². The minimum atomic E-state index is -0.486. The Morgan fingerprint density at radius 1 is 1.40 bits per heavy atom. The van der Waals surface area contributed by atoms with Crippen LogP contribution in [0.25, 0.3) is 11.0 Å². The van der Waals surface area contributed by atoms with Gasteiger partial charge in [-0.25, -0.2) is 9.78 Å². The molecule has 0 bridgehead atoms. The predicted molar refractivity (Wildman–Crippen MR) is 96.2 cm³/mol. The molecule has 128 valence electrons. The highest BCUT2D eigenvalue weighted by atomic mass is 35.5. The molecule has 0 fully saturated rings. The third-order valence-electron chi connectivity index (χ3n) is 4.69. The summed E-state index contributed by atoms with van der Waals surface area (Å²) in [5.41, 5.74) is 2.94. The van der Waals surface area contributed by atoms with Crippen LogP contribution in [0.3, 0.4) is 0 Å². The molecule has 3 aromatic rings. The topological polar surface area (TPSA) is 79.8 Å². The highest BCUT2D eigenvalue weighted by Gasteiger charge is 2.24. The van der Waals surface area contributed by atoms with Gasteiger partial charge in [0.2, 0.25) is 0 Å². The average Bonchev–Trinajstić information content (AvgIpc) is 2.92. The van der Waals surface area contributed by atoms with Crippen LogP contribution < -0.4 is 10.9 Å². The molecule has 7 heteroatoms. The van der Waals surface area contributed by atoms with Gasteiger partial charge in [-0.2, -0.15) is 4.68 Å². The van der Waals surface area contributed by atoms with Crippen LogP contribution in [-0.4, -0.2) is 20.8 Å². The Morgan fingerprint density at radius 2 is 2.20 bits per heavy atom. The molecule has 0 unspecified atom stereocenters. The number of benzene rings is 1. The Hall–Kier alpha value is -2.60. The number of fused-ring (bicyclic) bond motifs is 2. The summed E-state index contributed by atoms with van der Waals surface area (Å²) in [7, 11) is 0. The lowest BCUT2D eigenvalue weighted by Gasteiger charge is -2.26. The molecule has 1 aromatic carbocycles. The Bertz CT molecular complexity index is 1040. The first-order chi connectivity index (χ1) is 12.0. The molecule has 2 N–H and O–H groups in total. The van der Waals surface area contributed by atoms with E-state index >= 15 is 0 Å². The normalized spacial score (nSPS) is 16.6. The quantitative estimate of drug-likeness (QED) is 0.656. The fraction of sp³-hybridized carbons (Fsp3) is 0.278. The van der Waals surface area contributed by atoms with E-state index < -0.39 is 11.6 Å². The van der Waals surface area contributed by atoms with Crippen molar-refractivity contribution in [1.29, 1.82) is 0 Å². The number of halogens is 1. The number of hydrogen-bond donors (Lipinski definition) is 2. The van der Waals surface area contributed by atoms with Gasteiger partial charge in [0.25, 0.3) is 5.56 Å². The van der Waals surface area contributed by atoms with Crippen molar-refractivity contribution in [1.82, 2.24) is 20.1 Å². The van der Waals surface area contributed by atoms with Gasteiger partial charge in [0, 0.05) is 0 Å². The second-order valence-corrected chi connectivity index (χ2v) is 6.72. The second-order valence-electron chi connectivity index (χ2n) is 6.33. The summed E-state index contributed by atoms with van der Waals surface area (Å²) < 4.78 is 0.970. The largest absolute Gasteiger partial charge is 0.344 e. The van der Waals surface area contributed by atoms with Crippen LogP contribution in [0.4, 0.5) is 4.79 Å². The Labute approximate surface area is 148 Å². The van der Waals surface area contributed by atoms with Gasteiger partial charge in [0.05, 0.1) is 11.4 Å². The molecule has 0 radical (unpaired) electrons. The van der Waals surface area contributed by atoms with Gasteiger partial charge in [0.15, 0.2) is 5.65 Å². The summed E-state index contributed by atoms with van der Waals surface area (Å²) >= 11 is 5.93. The van der Waals surface area contributed by atoms with Crippen LogP contribution in [0.15, 0.2) is 35.1 Å². The van der Waals surface area contributed by atoms with E-state index in [0.717, 1.165) is 29.5 Å². The molecule has 1 atom stereocenters. The van der Waals surface area contributed by atoms with E-state index in [-0.39, 0.29) is 11.2 Å². The fourth-order valence-electron chi connectivity index (χ4n) is 3.51. The van der Waals surface area contributed by atoms with Gasteiger partial charge in [0.1, 0.15) is 5.15 Å². The zero-order valence-corrected chi connectivity index (χ0v) is 14.4. The predicted octanol–water partition coefficient (Wildman–Crippen LogP) is 3.32. The number of aryl methyl sites for hydroxylation is 2. The molecular weight excluding hydrogens is 340 g/mol. The van der Waals surface area contributed by atoms with E-state index in [9.17, 15) is 9.59 Å². The number of H-pyrrole nitrogens is 1. The van der Waals surface area contributed by atoms with Crippen molar-refractivity contribution in [3.05, 3.63) is 62.5 Å². The standard InChI is InChI=1S/C18H17ClN4O2/c1-10-9-14(19)21-16-15(10)17(24)23(22-16)18(25)20-13-8-4-6-11-5-2-3-7-12(11)13/h2-3,5,7,9,13H,4,6,8H2,1H3,(H,20,25)(H,21,22)/t13-/m1/s1. The lowest BCUT2D eigenvalue weighted by atomic mass is 9.88. The Balaban J connectivity index is 1.69. The maximum absolute atomic E-state index is 12.7. The molecule has 2 aromatic heterocycles. The third kappa shape index (κ3) is 2.72. The molecule has 1 aliphatic carbocycles. The smallest absolute Gasteiger partial charge is 0.329 e. The first-order valence-electron chi connectivity index (χ1n) is 8.21. The maximum atomic E-state index is 12.7. The first-order valence-corrected chi connectivity index (χ1v) is 8.59. The van der Waals surface area contributed by atoms with Gasteiger partial charge in [-0.05, 0) is 48.9 Å². The number of amides is 1. The number of nitrogens with zero attached hydrogens (tertiary/aromatic N) is 2.